The minimum Gasteiger partial charge on any atom is -0.393 e. The third-order valence-electron chi connectivity index (χ3n) is 5.62. The van der Waals surface area contributed by atoms with Crippen LogP contribution in [0.25, 0.3) is 0 Å². The number of carbonyl (C=O) groups excluding carboxylic acids is 1. The van der Waals surface area contributed by atoms with E-state index in [4.69, 9.17) is 0 Å². The molecule has 2 aliphatic rings. The summed E-state index contributed by atoms with van der Waals surface area (Å²) in [6.07, 6.45) is -3.80. The Morgan fingerprint density at radius 1 is 1.39 bits per heavy atom. The molecular formula is C19H20F5N5O2. The van der Waals surface area contributed by atoms with Crippen molar-refractivity contribution in [2.45, 2.75) is 63.8 Å². The molecule has 0 saturated heterocycles. The molecule has 2 aromatic rings. The lowest BCUT2D eigenvalue weighted by molar-refractivity contribution is -0.0509. The van der Waals surface area contributed by atoms with Crippen molar-refractivity contribution < 1.29 is 31.9 Å². The minimum atomic E-state index is -3.33. The van der Waals surface area contributed by atoms with Gasteiger partial charge in [-0.3, -0.25) is 9.67 Å². The first-order valence-electron chi connectivity index (χ1n) is 9.73. The first-order valence-corrected chi connectivity index (χ1v) is 9.73. The zero-order valence-corrected chi connectivity index (χ0v) is 16.5. The molecule has 2 atom stereocenters. The van der Waals surface area contributed by atoms with Crippen molar-refractivity contribution in [2.24, 2.45) is 0 Å². The molecule has 0 fully saturated rings. The molecule has 2 aliphatic heterocycles. The number of hydrogen-bond acceptors (Lipinski definition) is 4. The number of halogens is 5. The van der Waals surface area contributed by atoms with Gasteiger partial charge in [0.1, 0.15) is 11.4 Å². The number of aliphatic hydroxyl groups is 1. The highest BCUT2D eigenvalue weighted by molar-refractivity contribution is 5.90. The Balaban J connectivity index is 1.62. The van der Waals surface area contributed by atoms with E-state index in [1.165, 1.54) is 9.58 Å². The monoisotopic (exact) mass is 445 g/mol. The van der Waals surface area contributed by atoms with E-state index < -0.39 is 54.1 Å². The number of alkyl halides is 4. The number of fused-ring (bicyclic) bond motifs is 3. The van der Waals surface area contributed by atoms with Crippen LogP contribution in [0.4, 0.5) is 32.4 Å². The molecule has 1 unspecified atom stereocenters. The van der Waals surface area contributed by atoms with Gasteiger partial charge in [-0.15, -0.1) is 0 Å². The van der Waals surface area contributed by atoms with Gasteiger partial charge in [0.25, 0.3) is 12.3 Å². The maximum Gasteiger partial charge on any atom is 0.322 e. The molecule has 0 bridgehead atoms. The van der Waals surface area contributed by atoms with Crippen LogP contribution in [0, 0.1) is 5.82 Å². The number of rotatable bonds is 2. The van der Waals surface area contributed by atoms with Gasteiger partial charge >= 0.3 is 6.03 Å². The predicted octanol–water partition coefficient (Wildman–Crippen LogP) is 3.58. The average Bonchev–Trinajstić information content (AvgIpc) is 2.99. The van der Waals surface area contributed by atoms with Crippen LogP contribution in [0.1, 0.15) is 48.8 Å². The molecule has 168 valence electrons. The first-order chi connectivity index (χ1) is 14.6. The summed E-state index contributed by atoms with van der Waals surface area (Å²) in [6.45, 7) is 1.60. The molecule has 2 N–H and O–H groups in total. The number of nitrogens with one attached hydrogen (secondary N) is 1. The molecule has 12 heteroatoms. The molecule has 0 aliphatic carbocycles. The van der Waals surface area contributed by atoms with Gasteiger partial charge in [-0.05, 0) is 19.4 Å². The summed E-state index contributed by atoms with van der Waals surface area (Å²) in [5.41, 5.74) is -1.27. The van der Waals surface area contributed by atoms with Crippen LogP contribution in [0.5, 0.6) is 0 Å². The summed E-state index contributed by atoms with van der Waals surface area (Å²) >= 11 is 0. The van der Waals surface area contributed by atoms with Crippen LogP contribution >= 0.6 is 0 Å². The summed E-state index contributed by atoms with van der Waals surface area (Å²) in [5, 5.41) is 16.3. The number of nitrogens with zero attached hydrogens (tertiary/aromatic N) is 4. The lowest BCUT2D eigenvalue weighted by Gasteiger charge is -2.34. The van der Waals surface area contributed by atoms with Crippen LogP contribution in [0.3, 0.4) is 0 Å². The Morgan fingerprint density at radius 2 is 2.13 bits per heavy atom. The normalized spacial score (nSPS) is 22.6. The number of aromatic nitrogens is 3. The van der Waals surface area contributed by atoms with Crippen LogP contribution in [0.2, 0.25) is 0 Å². The van der Waals surface area contributed by atoms with Gasteiger partial charge in [0.05, 0.1) is 24.0 Å². The van der Waals surface area contributed by atoms with Gasteiger partial charge in [-0.1, -0.05) is 0 Å². The van der Waals surface area contributed by atoms with E-state index in [1.54, 1.807) is 6.92 Å². The smallest absolute Gasteiger partial charge is 0.322 e. The molecule has 0 saturated carbocycles. The number of anilines is 1. The Kier molecular flexibility index (Phi) is 5.36. The van der Waals surface area contributed by atoms with Gasteiger partial charge in [0, 0.05) is 37.2 Å². The summed E-state index contributed by atoms with van der Waals surface area (Å²) in [6, 6.07) is -0.230. The summed E-state index contributed by atoms with van der Waals surface area (Å²) in [5.74, 6) is -4.68. The van der Waals surface area contributed by atoms with E-state index in [1.807, 2.05) is 0 Å². The number of hydrogen-bond donors (Lipinski definition) is 2. The Bertz CT molecular complexity index is 1010. The SMILES string of the molecule is CC1Cc2nn3c(c2CN1C(=O)Nc1ccnc(C(F)F)c1F)C(F)(F)C[C@@H](O)CC3. The lowest BCUT2D eigenvalue weighted by Crippen LogP contribution is -2.45. The van der Waals surface area contributed by atoms with E-state index in [2.05, 4.69) is 15.4 Å². The van der Waals surface area contributed by atoms with Crippen molar-refractivity contribution in [1.82, 2.24) is 19.7 Å². The van der Waals surface area contributed by atoms with Crippen LogP contribution < -0.4 is 5.32 Å². The predicted molar refractivity (Wildman–Crippen MR) is 98.2 cm³/mol. The van der Waals surface area contributed by atoms with Gasteiger partial charge < -0.3 is 15.3 Å². The number of pyridine rings is 1. The van der Waals surface area contributed by atoms with E-state index in [9.17, 15) is 31.9 Å². The fourth-order valence-electron chi connectivity index (χ4n) is 4.10. The van der Waals surface area contributed by atoms with Crippen molar-refractivity contribution in [3.05, 3.63) is 40.7 Å². The molecule has 7 nitrogen and oxygen atoms in total. The lowest BCUT2D eigenvalue weighted by atomic mass is 9.96. The van der Waals surface area contributed by atoms with Crippen molar-refractivity contribution in [1.29, 1.82) is 0 Å². The van der Waals surface area contributed by atoms with Gasteiger partial charge in [0.2, 0.25) is 0 Å². The van der Waals surface area contributed by atoms with Gasteiger partial charge in [-0.2, -0.15) is 13.9 Å². The highest BCUT2D eigenvalue weighted by atomic mass is 19.3. The second kappa shape index (κ2) is 7.74. The Morgan fingerprint density at radius 3 is 2.84 bits per heavy atom. The average molecular weight is 445 g/mol. The highest BCUT2D eigenvalue weighted by Gasteiger charge is 2.45. The highest BCUT2D eigenvalue weighted by Crippen LogP contribution is 2.41. The standard InChI is InChI=1S/C19H20F5N5O2/c1-9-6-13-11(16-19(23,24)7-10(30)3-5-29(16)27-13)8-28(9)18(31)26-12-2-4-25-15(14(12)20)17(21)22/h2,4,9-10,17,30H,3,5-8H2,1H3,(H,25,26,31)/t9?,10-/m0/s1. The number of aryl methyl sites for hydroxylation is 1. The van der Waals surface area contributed by atoms with Crippen LogP contribution in [-0.4, -0.2) is 42.9 Å². The molecule has 4 rings (SSSR count). The zero-order chi connectivity index (χ0) is 22.5. The van der Waals surface area contributed by atoms with E-state index in [0.29, 0.717) is 5.69 Å². The summed E-state index contributed by atoms with van der Waals surface area (Å²) in [7, 11) is 0. The molecule has 0 radical (unpaired) electrons. The fraction of sp³-hybridized carbons (Fsp3) is 0.526. The van der Waals surface area contributed by atoms with E-state index in [-0.39, 0.29) is 37.2 Å². The molecular weight excluding hydrogens is 425 g/mol. The van der Waals surface area contributed by atoms with E-state index >= 15 is 0 Å². The maximum absolute atomic E-state index is 14.8. The summed E-state index contributed by atoms with van der Waals surface area (Å²) in [4.78, 5) is 17.3. The Hall–Kier alpha value is -2.76. The molecule has 4 heterocycles. The van der Waals surface area contributed by atoms with Crippen LogP contribution in [0.15, 0.2) is 12.3 Å². The van der Waals surface area contributed by atoms with Crippen molar-refractivity contribution >= 4 is 11.7 Å². The number of aliphatic hydroxyl groups excluding tert-OH is 1. The summed E-state index contributed by atoms with van der Waals surface area (Å²) < 4.78 is 70.8. The largest absolute Gasteiger partial charge is 0.393 e. The third-order valence-corrected chi connectivity index (χ3v) is 5.62. The molecule has 0 aromatic carbocycles. The maximum atomic E-state index is 14.8. The Labute approximate surface area is 173 Å². The van der Waals surface area contributed by atoms with E-state index in [0.717, 1.165) is 12.3 Å². The number of carbonyl (C=O) groups is 1. The number of urea groups is 1. The second-order valence-electron chi connectivity index (χ2n) is 7.82. The van der Waals surface area contributed by atoms with Crippen molar-refractivity contribution in [3.8, 4) is 0 Å². The number of amides is 2. The van der Waals surface area contributed by atoms with Gasteiger partial charge in [0.15, 0.2) is 5.82 Å². The van der Waals surface area contributed by atoms with Crippen molar-refractivity contribution in [3.63, 3.8) is 0 Å². The van der Waals surface area contributed by atoms with Crippen molar-refractivity contribution in [2.75, 3.05) is 5.32 Å². The second-order valence-corrected chi connectivity index (χ2v) is 7.82. The van der Waals surface area contributed by atoms with Gasteiger partial charge in [-0.25, -0.2) is 18.0 Å². The molecule has 31 heavy (non-hydrogen) atoms. The molecule has 2 aromatic heterocycles. The molecule has 0 spiro atoms. The minimum absolute atomic E-state index is 0.123. The van der Waals surface area contributed by atoms with Crippen LogP contribution in [-0.2, 0) is 25.4 Å². The molecule has 2 amide bonds. The zero-order valence-electron chi connectivity index (χ0n) is 16.5. The third kappa shape index (κ3) is 3.84. The fourth-order valence-corrected chi connectivity index (χ4v) is 4.10. The quantitative estimate of drug-likeness (QED) is 0.693. The first kappa shape index (κ1) is 21.5. The topological polar surface area (TPSA) is 83.3 Å².